The SMILES string of the molecule is CC(=O)NC1[C@H]([C@H](O)[C@H](O)CNC(=O)c2ccc(-c3ccco3)cc2)O[C@@](OCCCSCCN)(C(=O)N=O)C[C@@H]1O. The van der Waals surface area contributed by atoms with E-state index in [1.54, 1.807) is 48.2 Å². The van der Waals surface area contributed by atoms with Crippen LogP contribution in [0.5, 0.6) is 0 Å². The molecule has 0 radical (unpaired) electrons. The van der Waals surface area contributed by atoms with Crippen molar-refractivity contribution >= 4 is 29.5 Å². The molecular formula is C27H36N4O10S. The van der Waals surface area contributed by atoms with E-state index in [9.17, 15) is 34.6 Å². The number of carbonyl (C=O) groups is 3. The highest BCUT2D eigenvalue weighted by molar-refractivity contribution is 7.99. The van der Waals surface area contributed by atoms with E-state index in [1.807, 2.05) is 0 Å². The lowest BCUT2D eigenvalue weighted by atomic mass is 9.88. The average molecular weight is 609 g/mol. The van der Waals surface area contributed by atoms with Gasteiger partial charge < -0.3 is 45.6 Å². The van der Waals surface area contributed by atoms with E-state index in [4.69, 9.17) is 19.6 Å². The molecule has 14 nitrogen and oxygen atoms in total. The third-order valence-corrected chi connectivity index (χ3v) is 7.64. The fraction of sp³-hybridized carbons (Fsp3) is 0.519. The minimum Gasteiger partial charge on any atom is -0.464 e. The molecule has 15 heteroatoms. The van der Waals surface area contributed by atoms with Crippen LogP contribution in [-0.2, 0) is 19.1 Å². The lowest BCUT2D eigenvalue weighted by molar-refractivity contribution is -0.301. The van der Waals surface area contributed by atoms with Gasteiger partial charge in [-0.25, -0.2) is 0 Å². The standard InChI is InChI=1S/C27H36N4O10S/c1-16(32)30-22-19(33)14-27(26(37)31-38,40-11-3-12-42-13-9-28)41-24(22)23(35)20(34)15-29-25(36)18-7-5-17(6-8-18)21-4-2-10-39-21/h2,4-8,10,19-20,22-24,33-35H,3,9,11-15,28H2,1H3,(H,29,36)(H,30,32)/t19-,20+,22?,23+,24+,27+/m0/s1. The van der Waals surface area contributed by atoms with Gasteiger partial charge in [-0.3, -0.25) is 14.4 Å². The number of benzene rings is 1. The van der Waals surface area contributed by atoms with Crippen LogP contribution in [0.2, 0.25) is 0 Å². The van der Waals surface area contributed by atoms with Gasteiger partial charge in [0, 0.05) is 48.5 Å². The van der Waals surface area contributed by atoms with Crippen LogP contribution in [0.25, 0.3) is 11.3 Å². The van der Waals surface area contributed by atoms with Gasteiger partial charge in [0.15, 0.2) is 0 Å². The zero-order valence-electron chi connectivity index (χ0n) is 23.0. The molecule has 0 saturated carbocycles. The molecule has 0 bridgehead atoms. The van der Waals surface area contributed by atoms with Crippen molar-refractivity contribution in [3.05, 3.63) is 53.1 Å². The molecule has 0 aliphatic carbocycles. The molecule has 2 heterocycles. The second kappa shape index (κ2) is 15.9. The second-order valence-electron chi connectivity index (χ2n) is 9.66. The maximum atomic E-state index is 12.7. The van der Waals surface area contributed by atoms with Gasteiger partial charge >= 0.3 is 5.91 Å². The van der Waals surface area contributed by atoms with E-state index in [0.717, 1.165) is 5.56 Å². The molecule has 1 aromatic heterocycles. The Bertz CT molecular complexity index is 1180. The maximum absolute atomic E-state index is 12.7. The quantitative estimate of drug-likeness (QED) is 0.117. The number of aliphatic hydroxyl groups excluding tert-OH is 3. The van der Waals surface area contributed by atoms with Gasteiger partial charge in [0.25, 0.3) is 11.7 Å². The number of hydrogen-bond donors (Lipinski definition) is 6. The highest BCUT2D eigenvalue weighted by atomic mass is 32.2. The molecule has 0 spiro atoms. The summed E-state index contributed by atoms with van der Waals surface area (Å²) in [4.78, 5) is 48.4. The van der Waals surface area contributed by atoms with E-state index >= 15 is 0 Å². The van der Waals surface area contributed by atoms with Gasteiger partial charge in [-0.15, -0.1) is 4.91 Å². The van der Waals surface area contributed by atoms with Crippen molar-refractivity contribution < 1.29 is 43.6 Å². The number of nitrogens with two attached hydrogens (primary N) is 1. The number of furan rings is 1. The Morgan fingerprint density at radius 1 is 1.21 bits per heavy atom. The highest BCUT2D eigenvalue weighted by Gasteiger charge is 2.56. The molecule has 1 aliphatic heterocycles. The molecule has 230 valence electrons. The summed E-state index contributed by atoms with van der Waals surface area (Å²) in [6.45, 7) is 1.13. The number of carbonyl (C=O) groups excluding carboxylic acids is 3. The van der Waals surface area contributed by atoms with Crippen molar-refractivity contribution in [2.75, 3.05) is 31.2 Å². The van der Waals surface area contributed by atoms with Gasteiger partial charge in [-0.05, 0) is 36.4 Å². The maximum Gasteiger partial charge on any atom is 0.345 e. The molecule has 1 fully saturated rings. The molecule has 6 atom stereocenters. The van der Waals surface area contributed by atoms with Crippen LogP contribution in [0.3, 0.4) is 0 Å². The van der Waals surface area contributed by atoms with E-state index in [1.165, 1.54) is 13.2 Å². The first-order chi connectivity index (χ1) is 20.1. The molecule has 7 N–H and O–H groups in total. The summed E-state index contributed by atoms with van der Waals surface area (Å²) in [5.74, 6) is -2.92. The highest BCUT2D eigenvalue weighted by Crippen LogP contribution is 2.34. The predicted molar refractivity (Wildman–Crippen MR) is 152 cm³/mol. The molecule has 2 aromatic rings. The van der Waals surface area contributed by atoms with Gasteiger partial charge in [0.2, 0.25) is 5.91 Å². The number of amides is 3. The Morgan fingerprint density at radius 3 is 2.57 bits per heavy atom. The van der Waals surface area contributed by atoms with E-state index in [2.05, 4.69) is 15.8 Å². The van der Waals surface area contributed by atoms with Crippen LogP contribution in [-0.4, -0.2) is 100 Å². The summed E-state index contributed by atoms with van der Waals surface area (Å²) in [7, 11) is 0. The lowest BCUT2D eigenvalue weighted by Gasteiger charge is -2.46. The molecule has 1 aromatic carbocycles. The topological polar surface area (TPSA) is 223 Å². The third-order valence-electron chi connectivity index (χ3n) is 6.54. The number of nitroso groups, excluding NO2 is 1. The number of ether oxygens (including phenoxy) is 2. The summed E-state index contributed by atoms with van der Waals surface area (Å²) in [6, 6.07) is 8.69. The summed E-state index contributed by atoms with van der Waals surface area (Å²) in [5.41, 5.74) is 6.49. The lowest BCUT2D eigenvalue weighted by Crippen LogP contribution is -2.68. The summed E-state index contributed by atoms with van der Waals surface area (Å²) in [5, 5.41) is 40.0. The summed E-state index contributed by atoms with van der Waals surface area (Å²) >= 11 is 1.55. The van der Waals surface area contributed by atoms with Gasteiger partial charge in [0.1, 0.15) is 18.0 Å². The number of nitrogens with one attached hydrogen (secondary N) is 2. The molecule has 3 rings (SSSR count). The van der Waals surface area contributed by atoms with Crippen molar-refractivity contribution in [2.24, 2.45) is 10.9 Å². The van der Waals surface area contributed by atoms with Crippen molar-refractivity contribution in [2.45, 2.75) is 56.0 Å². The average Bonchev–Trinajstić information content (AvgIpc) is 3.53. The number of thioether (sulfide) groups is 1. The minimum absolute atomic E-state index is 0.0590. The zero-order chi connectivity index (χ0) is 30.7. The molecule has 42 heavy (non-hydrogen) atoms. The third kappa shape index (κ3) is 8.67. The molecule has 1 saturated heterocycles. The van der Waals surface area contributed by atoms with Gasteiger partial charge in [-0.2, -0.15) is 11.8 Å². The smallest absolute Gasteiger partial charge is 0.345 e. The van der Waals surface area contributed by atoms with Crippen molar-refractivity contribution in [1.82, 2.24) is 10.6 Å². The first-order valence-corrected chi connectivity index (χ1v) is 14.5. The monoisotopic (exact) mass is 608 g/mol. The molecular weight excluding hydrogens is 572 g/mol. The number of hydrogen-bond acceptors (Lipinski definition) is 12. The van der Waals surface area contributed by atoms with Crippen LogP contribution in [0, 0.1) is 4.91 Å². The van der Waals surface area contributed by atoms with Crippen LogP contribution in [0.1, 0.15) is 30.1 Å². The Morgan fingerprint density at radius 2 is 1.95 bits per heavy atom. The zero-order valence-corrected chi connectivity index (χ0v) is 23.8. The Kier molecular flexibility index (Phi) is 12.6. The molecule has 1 unspecified atom stereocenters. The van der Waals surface area contributed by atoms with E-state index < -0.39 is 66.9 Å². The summed E-state index contributed by atoms with van der Waals surface area (Å²) < 4.78 is 16.7. The predicted octanol–water partition coefficient (Wildman–Crippen LogP) is 0.141. The largest absolute Gasteiger partial charge is 0.464 e. The summed E-state index contributed by atoms with van der Waals surface area (Å²) in [6.07, 6.45) is -5.31. The van der Waals surface area contributed by atoms with E-state index in [0.29, 0.717) is 30.2 Å². The van der Waals surface area contributed by atoms with Crippen LogP contribution >= 0.6 is 11.8 Å². The fourth-order valence-corrected chi connectivity index (χ4v) is 5.16. The van der Waals surface area contributed by atoms with Crippen molar-refractivity contribution in [3.63, 3.8) is 0 Å². The Labute approximate surface area is 246 Å². The van der Waals surface area contributed by atoms with Crippen molar-refractivity contribution in [3.8, 4) is 11.3 Å². The number of aliphatic hydroxyl groups is 3. The van der Waals surface area contributed by atoms with Crippen molar-refractivity contribution in [1.29, 1.82) is 0 Å². The first kappa shape index (κ1) is 33.3. The van der Waals surface area contributed by atoms with Gasteiger partial charge in [-0.1, -0.05) is 12.1 Å². The first-order valence-electron chi connectivity index (χ1n) is 13.3. The normalized spacial score (nSPS) is 23.5. The van der Waals surface area contributed by atoms with Crippen LogP contribution in [0.15, 0.2) is 52.3 Å². The molecule has 3 amide bonds. The van der Waals surface area contributed by atoms with E-state index in [-0.39, 0.29) is 12.2 Å². The Balaban J connectivity index is 1.70. The Hall–Kier alpha value is -3.18. The fourth-order valence-electron chi connectivity index (χ4n) is 4.47. The second-order valence-corrected chi connectivity index (χ2v) is 10.9. The number of nitrogens with zero attached hydrogens (tertiary/aromatic N) is 1. The van der Waals surface area contributed by atoms with Gasteiger partial charge in [0.05, 0.1) is 31.1 Å². The molecule has 1 aliphatic rings. The number of rotatable bonds is 15. The van der Waals surface area contributed by atoms with Crippen LogP contribution in [0.4, 0.5) is 0 Å². The minimum atomic E-state index is -2.36. The van der Waals surface area contributed by atoms with Crippen LogP contribution < -0.4 is 16.4 Å².